The second-order valence-corrected chi connectivity index (χ2v) is 9.48. The van der Waals surface area contributed by atoms with Crippen LogP contribution in [0, 0.1) is 0 Å². The number of pyridine rings is 1. The van der Waals surface area contributed by atoms with E-state index in [1.165, 1.54) is 22.7 Å². The minimum absolute atomic E-state index is 0.0266. The van der Waals surface area contributed by atoms with Gasteiger partial charge in [0.05, 0.1) is 26.2 Å². The van der Waals surface area contributed by atoms with E-state index in [9.17, 15) is 13.2 Å². The Morgan fingerprint density at radius 1 is 1.17 bits per heavy atom. The van der Waals surface area contributed by atoms with Crippen molar-refractivity contribution in [2.75, 3.05) is 6.61 Å². The van der Waals surface area contributed by atoms with Crippen molar-refractivity contribution in [3.8, 4) is 28.7 Å². The predicted octanol–water partition coefficient (Wildman–Crippen LogP) is 6.13. The Morgan fingerprint density at radius 3 is 2.60 bits per heavy atom. The molecule has 0 amide bonds. The number of fused-ring (bicyclic) bond motifs is 1. The molecule has 186 valence electrons. The van der Waals surface area contributed by atoms with Gasteiger partial charge in [-0.2, -0.15) is 18.2 Å². The molecule has 4 aromatic rings. The molecule has 3 aromatic heterocycles. The van der Waals surface area contributed by atoms with Crippen molar-refractivity contribution >= 4 is 53.4 Å². The van der Waals surface area contributed by atoms with Gasteiger partial charge < -0.3 is 28.0 Å². The number of benzene rings is 1. The molecule has 1 atom stereocenters. The van der Waals surface area contributed by atoms with Gasteiger partial charge in [0.1, 0.15) is 18.1 Å². The molecular weight excluding hydrogens is 603 g/mol. The summed E-state index contributed by atoms with van der Waals surface area (Å²) in [7, 11) is -2.53. The van der Waals surface area contributed by atoms with Crippen molar-refractivity contribution in [2.45, 2.75) is 19.2 Å². The molecule has 1 unspecified atom stereocenters. The number of hydrogen-bond acceptors (Lipinski definition) is 8. The number of alkyl halides is 3. The first-order valence-corrected chi connectivity index (χ1v) is 12.2. The molecule has 0 fully saturated rings. The molecule has 3 heterocycles. The Morgan fingerprint density at radius 2 is 1.91 bits per heavy atom. The van der Waals surface area contributed by atoms with Crippen LogP contribution in [0.25, 0.3) is 28.6 Å². The minimum atomic E-state index is -4.53. The second-order valence-electron chi connectivity index (χ2n) is 7.10. The van der Waals surface area contributed by atoms with Crippen molar-refractivity contribution in [3.05, 3.63) is 50.7 Å². The maximum absolute atomic E-state index is 13.1. The fraction of sp³-hybridized carbons (Fsp3) is 0.211. The summed E-state index contributed by atoms with van der Waals surface area (Å²) in [5, 5.41) is 4.20. The van der Waals surface area contributed by atoms with Crippen LogP contribution in [0.15, 0.2) is 39.6 Å². The van der Waals surface area contributed by atoms with E-state index >= 15 is 0 Å². The quantitative estimate of drug-likeness (QED) is 0.239. The third-order valence-corrected chi connectivity index (χ3v) is 6.23. The van der Waals surface area contributed by atoms with Gasteiger partial charge in [-0.1, -0.05) is 28.4 Å². The second kappa shape index (κ2) is 10.2. The highest BCUT2D eigenvalue weighted by Gasteiger charge is 2.32. The van der Waals surface area contributed by atoms with Gasteiger partial charge in [-0.25, -0.2) is 4.98 Å². The Labute approximate surface area is 214 Å². The average Bonchev–Trinajstić information content (AvgIpc) is 3.40. The topological polar surface area (TPSA) is 115 Å². The first-order chi connectivity index (χ1) is 16.4. The number of hydrogen-bond donors (Lipinski definition) is 2. The molecule has 0 aliphatic heterocycles. The molecule has 35 heavy (non-hydrogen) atoms. The molecular formula is C19H13BrCl2F3N4O5P. The van der Waals surface area contributed by atoms with Gasteiger partial charge in [-0.05, 0) is 35.0 Å². The molecule has 0 saturated carbocycles. The summed E-state index contributed by atoms with van der Waals surface area (Å²) in [6, 6.07) is 3.79. The Balaban J connectivity index is 1.59. The molecule has 4 rings (SSSR count). The number of halogens is 6. The lowest BCUT2D eigenvalue weighted by atomic mass is 10.2. The predicted molar refractivity (Wildman–Crippen MR) is 124 cm³/mol. The molecule has 0 bridgehead atoms. The van der Waals surface area contributed by atoms with Gasteiger partial charge in [0, 0.05) is 24.0 Å². The van der Waals surface area contributed by atoms with Crippen LogP contribution in [0.3, 0.4) is 0 Å². The van der Waals surface area contributed by atoms with Crippen LogP contribution in [0.1, 0.15) is 12.5 Å². The van der Waals surface area contributed by atoms with Crippen molar-refractivity contribution in [3.63, 3.8) is 0 Å². The summed E-state index contributed by atoms with van der Waals surface area (Å²) in [5.74, 6) is 0.228. The molecule has 0 spiro atoms. The lowest BCUT2D eigenvalue weighted by Crippen LogP contribution is -2.16. The summed E-state index contributed by atoms with van der Waals surface area (Å²) < 4.78 is 56.2. The third kappa shape index (κ3) is 5.88. The molecule has 0 aliphatic carbocycles. The maximum atomic E-state index is 13.1. The van der Waals surface area contributed by atoms with Gasteiger partial charge in [0.2, 0.25) is 5.82 Å². The van der Waals surface area contributed by atoms with Gasteiger partial charge in [0.25, 0.3) is 5.89 Å². The standard InChI is InChI=1S/C19H13BrCl2F3N4O5P/c1-8(34-35(30)31)7-32-15-4-12(21)10(3-13(15)22)16-27-18(33-28-16)14-6-29-5-9(19(23,24)25)2-11(20)17(29)26-14/h2-6,8,30-31H,7H2,1H3. The summed E-state index contributed by atoms with van der Waals surface area (Å²) in [4.78, 5) is 26.3. The number of ether oxygens (including phenoxy) is 1. The zero-order valence-electron chi connectivity index (χ0n) is 17.3. The molecule has 9 nitrogen and oxygen atoms in total. The van der Waals surface area contributed by atoms with E-state index in [1.54, 1.807) is 6.92 Å². The van der Waals surface area contributed by atoms with Crippen LogP contribution < -0.4 is 4.74 Å². The van der Waals surface area contributed by atoms with Crippen LogP contribution in [0.4, 0.5) is 13.2 Å². The highest BCUT2D eigenvalue weighted by atomic mass is 79.9. The van der Waals surface area contributed by atoms with E-state index in [2.05, 4.69) is 31.1 Å². The van der Waals surface area contributed by atoms with Crippen molar-refractivity contribution < 1.29 is 36.7 Å². The van der Waals surface area contributed by atoms with E-state index in [4.69, 9.17) is 46.8 Å². The Kier molecular flexibility index (Phi) is 7.58. The van der Waals surface area contributed by atoms with Crippen molar-refractivity contribution in [1.29, 1.82) is 0 Å². The van der Waals surface area contributed by atoms with Gasteiger partial charge in [0.15, 0.2) is 5.65 Å². The highest BCUT2D eigenvalue weighted by Crippen LogP contribution is 2.37. The monoisotopic (exact) mass is 614 g/mol. The summed E-state index contributed by atoms with van der Waals surface area (Å²) in [6.07, 6.45) is -2.93. The molecule has 0 saturated heterocycles. The zero-order valence-corrected chi connectivity index (χ0v) is 21.3. The largest absolute Gasteiger partial charge is 0.489 e. The fourth-order valence-electron chi connectivity index (χ4n) is 2.96. The van der Waals surface area contributed by atoms with E-state index in [1.807, 2.05) is 0 Å². The molecule has 2 N–H and O–H groups in total. The first kappa shape index (κ1) is 26.1. The lowest BCUT2D eigenvalue weighted by Gasteiger charge is -2.15. The zero-order chi connectivity index (χ0) is 25.5. The van der Waals surface area contributed by atoms with Crippen LogP contribution in [0.5, 0.6) is 5.75 Å². The van der Waals surface area contributed by atoms with E-state index in [0.717, 1.165) is 12.3 Å². The van der Waals surface area contributed by atoms with Crippen LogP contribution >= 0.6 is 47.7 Å². The summed E-state index contributed by atoms with van der Waals surface area (Å²) >= 11 is 15.7. The lowest BCUT2D eigenvalue weighted by molar-refractivity contribution is -0.137. The fourth-order valence-corrected chi connectivity index (χ4v) is 4.34. The van der Waals surface area contributed by atoms with E-state index in [0.29, 0.717) is 5.56 Å². The van der Waals surface area contributed by atoms with Crippen LogP contribution in [0.2, 0.25) is 10.0 Å². The molecule has 0 radical (unpaired) electrons. The van der Waals surface area contributed by atoms with Crippen molar-refractivity contribution in [2.24, 2.45) is 0 Å². The summed E-state index contributed by atoms with van der Waals surface area (Å²) in [5.41, 5.74) is -0.178. The first-order valence-electron chi connectivity index (χ1n) is 9.48. The maximum Gasteiger partial charge on any atom is 0.417 e. The highest BCUT2D eigenvalue weighted by molar-refractivity contribution is 9.10. The third-order valence-electron chi connectivity index (χ3n) is 4.49. The molecule has 16 heteroatoms. The average molecular weight is 616 g/mol. The smallest absolute Gasteiger partial charge is 0.417 e. The van der Waals surface area contributed by atoms with E-state index < -0.39 is 26.4 Å². The minimum Gasteiger partial charge on any atom is -0.489 e. The number of rotatable bonds is 7. The molecule has 0 aliphatic rings. The van der Waals surface area contributed by atoms with Crippen LogP contribution in [-0.4, -0.2) is 42.0 Å². The van der Waals surface area contributed by atoms with E-state index in [-0.39, 0.29) is 49.9 Å². The number of aromatic nitrogens is 4. The Bertz CT molecular complexity index is 1380. The summed E-state index contributed by atoms with van der Waals surface area (Å²) in [6.45, 7) is 1.55. The molecule has 1 aromatic carbocycles. The van der Waals surface area contributed by atoms with Gasteiger partial charge in [-0.15, -0.1) is 0 Å². The number of imidazole rings is 1. The van der Waals surface area contributed by atoms with Crippen LogP contribution in [-0.2, 0) is 10.7 Å². The number of nitrogens with zero attached hydrogens (tertiary/aromatic N) is 4. The normalized spacial score (nSPS) is 13.1. The SMILES string of the molecule is CC(COc1cc(Cl)c(-c2noc(-c3cn4cc(C(F)(F)F)cc(Br)c4n3)n2)cc1Cl)OP(O)O. The van der Waals surface area contributed by atoms with Gasteiger partial charge >= 0.3 is 14.8 Å². The van der Waals surface area contributed by atoms with Crippen molar-refractivity contribution in [1.82, 2.24) is 19.5 Å². The van der Waals surface area contributed by atoms with Gasteiger partial charge in [-0.3, -0.25) is 0 Å². The Hall–Kier alpha value is -1.99.